The van der Waals surface area contributed by atoms with Gasteiger partial charge in [-0.2, -0.15) is 0 Å². The molecule has 0 aromatic heterocycles. The van der Waals surface area contributed by atoms with Crippen LogP contribution in [0.15, 0.2) is 23.8 Å². The van der Waals surface area contributed by atoms with Crippen molar-refractivity contribution in [2.75, 3.05) is 6.61 Å². The first-order valence-electron chi connectivity index (χ1n) is 11.7. The molecule has 3 fully saturated rings. The van der Waals surface area contributed by atoms with Crippen LogP contribution in [0.4, 0.5) is 0 Å². The van der Waals surface area contributed by atoms with E-state index in [1.54, 1.807) is 12.2 Å². The number of carbonyl (C=O) groups excluding carboxylic acids is 3. The Morgan fingerprint density at radius 1 is 1.18 bits per heavy atom. The van der Waals surface area contributed by atoms with E-state index in [2.05, 4.69) is 6.92 Å². The highest BCUT2D eigenvalue weighted by Crippen LogP contribution is 2.67. The number of aliphatic carboxylic acids is 1. The Labute approximate surface area is 192 Å². The molecule has 0 heterocycles. The maximum Gasteiger partial charge on any atom is 0.306 e. The third-order valence-corrected chi connectivity index (χ3v) is 9.02. The number of ketones is 2. The molecule has 7 atom stereocenters. The van der Waals surface area contributed by atoms with E-state index in [0.29, 0.717) is 6.42 Å². The average Bonchev–Trinajstić information content (AvgIpc) is 3.02. The summed E-state index contributed by atoms with van der Waals surface area (Å²) in [5.74, 6) is -2.58. The van der Waals surface area contributed by atoms with Gasteiger partial charge in [0.25, 0.3) is 0 Å². The Morgan fingerprint density at radius 3 is 2.61 bits per heavy atom. The number of Topliss-reactive ketones (excluding diaryl/α,β-unsaturated/α-hetero) is 1. The lowest BCUT2D eigenvalue weighted by Crippen LogP contribution is -2.61. The van der Waals surface area contributed by atoms with E-state index >= 15 is 0 Å². The minimum Gasteiger partial charge on any atom is -0.481 e. The topological polar surface area (TPSA) is 138 Å². The van der Waals surface area contributed by atoms with Gasteiger partial charge in [-0.25, -0.2) is 0 Å². The summed E-state index contributed by atoms with van der Waals surface area (Å²) in [5.41, 5.74) is -1.99. The Balaban J connectivity index is 1.53. The Morgan fingerprint density at radius 2 is 1.91 bits per heavy atom. The van der Waals surface area contributed by atoms with Crippen LogP contribution in [-0.4, -0.2) is 57.1 Å². The van der Waals surface area contributed by atoms with Gasteiger partial charge in [-0.3, -0.25) is 19.2 Å². The molecule has 0 aromatic carbocycles. The fourth-order valence-corrected chi connectivity index (χ4v) is 7.34. The number of aliphatic hydroxyl groups excluding tert-OH is 1. The molecule has 0 spiro atoms. The van der Waals surface area contributed by atoms with E-state index in [9.17, 15) is 29.4 Å². The number of ether oxygens (including phenoxy) is 1. The van der Waals surface area contributed by atoms with Crippen LogP contribution < -0.4 is 0 Å². The highest BCUT2D eigenvalue weighted by molar-refractivity contribution is 6.01. The number of hydrogen-bond donors (Lipinski definition) is 3. The molecule has 3 unspecified atom stereocenters. The zero-order chi connectivity index (χ0) is 24.2. The number of esters is 1. The summed E-state index contributed by atoms with van der Waals surface area (Å²) in [7, 11) is 0. The van der Waals surface area contributed by atoms with E-state index in [0.717, 1.165) is 18.4 Å². The molecule has 0 amide bonds. The van der Waals surface area contributed by atoms with E-state index in [1.165, 1.54) is 0 Å². The molecule has 4 rings (SSSR count). The number of allylic oxidation sites excluding steroid dienone is 4. The largest absolute Gasteiger partial charge is 0.481 e. The van der Waals surface area contributed by atoms with Crippen molar-refractivity contribution in [1.29, 1.82) is 0 Å². The average molecular weight is 461 g/mol. The summed E-state index contributed by atoms with van der Waals surface area (Å²) in [6.45, 7) is 3.30. The van der Waals surface area contributed by atoms with Gasteiger partial charge >= 0.3 is 11.9 Å². The van der Waals surface area contributed by atoms with Crippen molar-refractivity contribution >= 4 is 23.5 Å². The standard InChI is InChI=1S/C25H32O8/c1-23-9-7-15(26)11-14(23)3-4-16-17-8-10-25(32,24(17,2)12-18(27)22(16)23)19(28)13-33-21(31)6-5-20(29)30/h7,9,11,16-18,22,27,32H,3-6,8,10,12-13H2,1-2H3,(H,29,30)/t16?,17?,18-,22?,23-,24-,25-/m0/s1. The SMILES string of the molecule is C[C@]12C=CC(=O)C=C1CCC1C2[C@@H](O)C[C@@]2(C)C1CC[C@]2(O)C(=O)COC(=O)CCC(=O)O. The zero-order valence-corrected chi connectivity index (χ0v) is 19.1. The van der Waals surface area contributed by atoms with Gasteiger partial charge in [-0.15, -0.1) is 0 Å². The molecule has 0 radical (unpaired) electrons. The second-order valence-electron chi connectivity index (χ2n) is 10.6. The Bertz CT molecular complexity index is 950. The molecule has 180 valence electrons. The smallest absolute Gasteiger partial charge is 0.306 e. The van der Waals surface area contributed by atoms with Gasteiger partial charge < -0.3 is 20.1 Å². The van der Waals surface area contributed by atoms with E-state index < -0.39 is 46.9 Å². The van der Waals surface area contributed by atoms with Crippen molar-refractivity contribution in [2.45, 2.75) is 70.5 Å². The molecular weight excluding hydrogens is 428 g/mol. The highest BCUT2D eigenvalue weighted by atomic mass is 16.5. The fraction of sp³-hybridized carbons (Fsp3) is 0.680. The van der Waals surface area contributed by atoms with Crippen LogP contribution in [0.2, 0.25) is 0 Å². The monoisotopic (exact) mass is 460 g/mol. The lowest BCUT2D eigenvalue weighted by molar-refractivity contribution is -0.181. The first-order valence-corrected chi connectivity index (χ1v) is 11.7. The molecule has 0 aliphatic heterocycles. The van der Waals surface area contributed by atoms with Crippen molar-refractivity contribution in [3.05, 3.63) is 23.8 Å². The summed E-state index contributed by atoms with van der Waals surface area (Å²) in [5, 5.41) is 31.6. The van der Waals surface area contributed by atoms with Gasteiger partial charge in [0.05, 0.1) is 18.9 Å². The van der Waals surface area contributed by atoms with Crippen LogP contribution in [0.25, 0.3) is 0 Å². The number of rotatable bonds is 6. The fourth-order valence-electron chi connectivity index (χ4n) is 7.34. The molecule has 8 heteroatoms. The predicted molar refractivity (Wildman–Crippen MR) is 116 cm³/mol. The maximum atomic E-state index is 13.1. The number of carbonyl (C=O) groups is 4. The van der Waals surface area contributed by atoms with Gasteiger partial charge in [0.2, 0.25) is 5.78 Å². The second-order valence-corrected chi connectivity index (χ2v) is 10.6. The summed E-state index contributed by atoms with van der Waals surface area (Å²) < 4.78 is 4.96. The summed E-state index contributed by atoms with van der Waals surface area (Å²) in [4.78, 5) is 47.4. The third kappa shape index (κ3) is 3.67. The van der Waals surface area contributed by atoms with Gasteiger partial charge in [0.1, 0.15) is 5.60 Å². The Kier molecular flexibility index (Phi) is 5.90. The molecule has 0 bridgehead atoms. The van der Waals surface area contributed by atoms with Crippen LogP contribution in [0, 0.1) is 28.6 Å². The molecule has 33 heavy (non-hydrogen) atoms. The van der Waals surface area contributed by atoms with Crippen LogP contribution in [0.1, 0.15) is 58.8 Å². The minimum atomic E-state index is -1.73. The first kappa shape index (κ1) is 23.8. The van der Waals surface area contributed by atoms with Crippen LogP contribution in [0.3, 0.4) is 0 Å². The Hall–Kier alpha value is -2.32. The number of carboxylic acids is 1. The van der Waals surface area contributed by atoms with Gasteiger partial charge in [0, 0.05) is 16.7 Å². The molecule has 3 saturated carbocycles. The quantitative estimate of drug-likeness (QED) is 0.512. The molecule has 0 aromatic rings. The molecular formula is C25H32O8. The van der Waals surface area contributed by atoms with Crippen LogP contribution in [0.5, 0.6) is 0 Å². The third-order valence-electron chi connectivity index (χ3n) is 9.02. The van der Waals surface area contributed by atoms with E-state index in [1.807, 2.05) is 13.0 Å². The van der Waals surface area contributed by atoms with Crippen molar-refractivity contribution in [3.63, 3.8) is 0 Å². The van der Waals surface area contributed by atoms with Crippen molar-refractivity contribution in [1.82, 2.24) is 0 Å². The number of aliphatic hydroxyl groups is 2. The summed E-state index contributed by atoms with van der Waals surface area (Å²) in [6, 6.07) is 0. The lowest BCUT2D eigenvalue weighted by Gasteiger charge is -2.59. The van der Waals surface area contributed by atoms with Gasteiger partial charge in [-0.05, 0) is 56.1 Å². The van der Waals surface area contributed by atoms with Crippen molar-refractivity contribution in [2.24, 2.45) is 28.6 Å². The molecule has 8 nitrogen and oxygen atoms in total. The molecule has 3 N–H and O–H groups in total. The number of fused-ring (bicyclic) bond motifs is 5. The normalized spacial score (nSPS) is 41.5. The molecule has 4 aliphatic rings. The second kappa shape index (κ2) is 8.17. The van der Waals surface area contributed by atoms with E-state index in [4.69, 9.17) is 9.84 Å². The minimum absolute atomic E-state index is 0.00645. The summed E-state index contributed by atoms with van der Waals surface area (Å²) in [6.07, 6.45) is 6.27. The van der Waals surface area contributed by atoms with Crippen LogP contribution in [-0.2, 0) is 23.9 Å². The lowest BCUT2D eigenvalue weighted by atomic mass is 9.46. The number of hydrogen-bond acceptors (Lipinski definition) is 7. The van der Waals surface area contributed by atoms with E-state index in [-0.39, 0.29) is 49.2 Å². The van der Waals surface area contributed by atoms with Crippen molar-refractivity contribution in [3.8, 4) is 0 Å². The maximum absolute atomic E-state index is 13.1. The van der Waals surface area contributed by atoms with Gasteiger partial charge in [-0.1, -0.05) is 25.5 Å². The van der Waals surface area contributed by atoms with Crippen molar-refractivity contribution < 1.29 is 39.2 Å². The molecule has 0 saturated heterocycles. The highest BCUT2D eigenvalue weighted by Gasteiger charge is 2.68. The van der Waals surface area contributed by atoms with Crippen LogP contribution >= 0.6 is 0 Å². The molecule has 4 aliphatic carbocycles. The predicted octanol–water partition coefficient (Wildman–Crippen LogP) is 1.97. The number of carboxylic acid groups (broad SMARTS) is 1. The summed E-state index contributed by atoms with van der Waals surface area (Å²) >= 11 is 0. The first-order chi connectivity index (χ1) is 15.4. The van der Waals surface area contributed by atoms with Gasteiger partial charge in [0.15, 0.2) is 12.4 Å². The zero-order valence-electron chi connectivity index (χ0n) is 19.1.